The number of nitrogens with zero attached hydrogens (tertiary/aromatic N) is 1. The highest BCUT2D eigenvalue weighted by Crippen LogP contribution is 2.09. The molecule has 1 rings (SSSR count). The molecule has 3 N–H and O–H groups in total. The lowest BCUT2D eigenvalue weighted by atomic mass is 10.0. The first kappa shape index (κ1) is 26.1. The van der Waals surface area contributed by atoms with E-state index in [9.17, 15) is 8.42 Å². The number of hydrogen-bond donors (Lipinski definition) is 3. The smallest absolute Gasteiger partial charge is 0.215 e. The van der Waals surface area contributed by atoms with Crippen LogP contribution >= 0.6 is 24.0 Å². The van der Waals surface area contributed by atoms with Crippen molar-refractivity contribution in [2.45, 2.75) is 58.4 Å². The Morgan fingerprint density at radius 1 is 1.07 bits per heavy atom. The lowest BCUT2D eigenvalue weighted by Gasteiger charge is -2.18. The lowest BCUT2D eigenvalue weighted by molar-refractivity contribution is 0.491. The van der Waals surface area contributed by atoms with Crippen LogP contribution in [0.2, 0.25) is 0 Å². The van der Waals surface area contributed by atoms with E-state index in [1.54, 1.807) is 7.05 Å². The number of benzene rings is 1. The van der Waals surface area contributed by atoms with E-state index in [-0.39, 0.29) is 29.7 Å². The molecule has 0 saturated carbocycles. The van der Waals surface area contributed by atoms with Crippen LogP contribution in [0.4, 0.5) is 0 Å². The van der Waals surface area contributed by atoms with Crippen LogP contribution in [0.1, 0.15) is 51.2 Å². The molecule has 0 fully saturated rings. The SMILES string of the molecule is CN=C(NCc1ccc(CS(=O)(=O)NC)cc1)NC(C)CCCC(C)C.I. The van der Waals surface area contributed by atoms with Gasteiger partial charge in [0.15, 0.2) is 5.96 Å². The van der Waals surface area contributed by atoms with Crippen molar-refractivity contribution in [3.8, 4) is 0 Å². The molecule has 1 unspecified atom stereocenters. The first-order valence-corrected chi connectivity index (χ1v) is 10.9. The van der Waals surface area contributed by atoms with Crippen LogP contribution in [0.15, 0.2) is 29.3 Å². The third-order valence-electron chi connectivity index (χ3n) is 4.18. The summed E-state index contributed by atoms with van der Waals surface area (Å²) in [7, 11) is -0.0442. The molecule has 6 nitrogen and oxygen atoms in total. The van der Waals surface area contributed by atoms with Crippen LogP contribution in [0.5, 0.6) is 0 Å². The highest BCUT2D eigenvalue weighted by Gasteiger charge is 2.09. The summed E-state index contributed by atoms with van der Waals surface area (Å²) < 4.78 is 25.5. The van der Waals surface area contributed by atoms with Gasteiger partial charge in [0.1, 0.15) is 0 Å². The molecule has 1 atom stereocenters. The molecule has 0 aliphatic rings. The molecule has 0 heterocycles. The van der Waals surface area contributed by atoms with Crippen molar-refractivity contribution in [3.05, 3.63) is 35.4 Å². The number of nitrogens with one attached hydrogen (secondary N) is 3. The summed E-state index contributed by atoms with van der Waals surface area (Å²) in [5, 5.41) is 6.71. The predicted molar refractivity (Wildman–Crippen MR) is 125 cm³/mol. The molecule has 1 aromatic carbocycles. The van der Waals surface area contributed by atoms with E-state index >= 15 is 0 Å². The molecule has 0 aliphatic heterocycles. The fourth-order valence-electron chi connectivity index (χ4n) is 2.56. The van der Waals surface area contributed by atoms with Crippen LogP contribution in [0.25, 0.3) is 0 Å². The zero-order chi connectivity index (χ0) is 19.6. The van der Waals surface area contributed by atoms with E-state index in [0.717, 1.165) is 29.4 Å². The van der Waals surface area contributed by atoms with Gasteiger partial charge in [-0.2, -0.15) is 0 Å². The summed E-state index contributed by atoms with van der Waals surface area (Å²) in [6.45, 7) is 7.30. The normalized spacial score (nSPS) is 13.2. The highest BCUT2D eigenvalue weighted by atomic mass is 127. The molecular formula is C19H35IN4O2S. The average molecular weight is 510 g/mol. The van der Waals surface area contributed by atoms with Crippen molar-refractivity contribution in [2.75, 3.05) is 14.1 Å². The molecule has 0 aromatic heterocycles. The first-order valence-electron chi connectivity index (χ1n) is 9.22. The van der Waals surface area contributed by atoms with Gasteiger partial charge in [0, 0.05) is 19.6 Å². The van der Waals surface area contributed by atoms with E-state index < -0.39 is 10.0 Å². The molecule has 27 heavy (non-hydrogen) atoms. The second-order valence-corrected chi connectivity index (χ2v) is 9.00. The Balaban J connectivity index is 0.00000676. The molecule has 0 spiro atoms. The van der Waals surface area contributed by atoms with Gasteiger partial charge >= 0.3 is 0 Å². The molecule has 0 amide bonds. The molecule has 0 bridgehead atoms. The van der Waals surface area contributed by atoms with Gasteiger partial charge in [-0.15, -0.1) is 24.0 Å². The molecule has 0 aliphatic carbocycles. The van der Waals surface area contributed by atoms with Gasteiger partial charge in [-0.25, -0.2) is 13.1 Å². The van der Waals surface area contributed by atoms with E-state index in [1.165, 1.54) is 19.9 Å². The van der Waals surface area contributed by atoms with Gasteiger partial charge in [-0.1, -0.05) is 51.0 Å². The van der Waals surface area contributed by atoms with Crippen molar-refractivity contribution in [3.63, 3.8) is 0 Å². The van der Waals surface area contributed by atoms with Crippen LogP contribution in [0.3, 0.4) is 0 Å². The summed E-state index contributed by atoms with van der Waals surface area (Å²) in [6.07, 6.45) is 3.57. The van der Waals surface area contributed by atoms with E-state index in [4.69, 9.17) is 0 Å². The fraction of sp³-hybridized carbons (Fsp3) is 0.632. The van der Waals surface area contributed by atoms with Crippen LogP contribution in [0, 0.1) is 5.92 Å². The maximum atomic E-state index is 11.6. The fourth-order valence-corrected chi connectivity index (χ4v) is 3.34. The first-order chi connectivity index (χ1) is 12.3. The number of guanidine groups is 1. The van der Waals surface area contributed by atoms with Crippen LogP contribution < -0.4 is 15.4 Å². The molecule has 156 valence electrons. The molecule has 8 heteroatoms. The zero-order valence-electron chi connectivity index (χ0n) is 17.1. The Kier molecular flexibility index (Phi) is 12.9. The Hall–Kier alpha value is -0.870. The van der Waals surface area contributed by atoms with E-state index in [0.29, 0.717) is 12.6 Å². The van der Waals surface area contributed by atoms with E-state index in [1.807, 2.05) is 24.3 Å². The van der Waals surface area contributed by atoms with Crippen molar-refractivity contribution < 1.29 is 8.42 Å². The van der Waals surface area contributed by atoms with Gasteiger partial charge in [0.2, 0.25) is 10.0 Å². The third-order valence-corrected chi connectivity index (χ3v) is 5.51. The van der Waals surface area contributed by atoms with Crippen molar-refractivity contribution in [1.29, 1.82) is 0 Å². The zero-order valence-corrected chi connectivity index (χ0v) is 20.2. The average Bonchev–Trinajstić information content (AvgIpc) is 2.59. The number of hydrogen-bond acceptors (Lipinski definition) is 3. The van der Waals surface area contributed by atoms with Crippen LogP contribution in [-0.2, 0) is 22.3 Å². The summed E-state index contributed by atoms with van der Waals surface area (Å²) in [6, 6.07) is 7.93. The maximum absolute atomic E-state index is 11.6. The van der Waals surface area contributed by atoms with Crippen molar-refractivity contribution >= 4 is 40.0 Å². The Morgan fingerprint density at radius 2 is 1.67 bits per heavy atom. The van der Waals surface area contributed by atoms with Crippen molar-refractivity contribution in [2.24, 2.45) is 10.9 Å². The van der Waals surface area contributed by atoms with Gasteiger partial charge in [0.25, 0.3) is 0 Å². The van der Waals surface area contributed by atoms with Crippen LogP contribution in [-0.4, -0.2) is 34.5 Å². The van der Waals surface area contributed by atoms with Crippen molar-refractivity contribution in [1.82, 2.24) is 15.4 Å². The topological polar surface area (TPSA) is 82.6 Å². The molecule has 0 radical (unpaired) electrons. The Bertz CT molecular complexity index is 661. The number of aliphatic imine (C=N–C) groups is 1. The summed E-state index contributed by atoms with van der Waals surface area (Å²) >= 11 is 0. The maximum Gasteiger partial charge on any atom is 0.215 e. The number of rotatable bonds is 10. The van der Waals surface area contributed by atoms with E-state index in [2.05, 4.69) is 41.1 Å². The number of sulfonamides is 1. The minimum absolute atomic E-state index is 0. The standard InChI is InChI=1S/C19H34N4O2S.HI/c1-15(2)7-6-8-16(3)23-19(20-4)22-13-17-9-11-18(12-10-17)14-26(24,25)21-5;/h9-12,15-16,21H,6-8,13-14H2,1-5H3,(H2,20,22,23);1H. The second kappa shape index (κ2) is 13.3. The van der Waals surface area contributed by atoms with Gasteiger partial charge < -0.3 is 10.6 Å². The van der Waals surface area contributed by atoms with Gasteiger partial charge in [-0.05, 0) is 37.4 Å². The third kappa shape index (κ3) is 11.5. The minimum atomic E-state index is -3.24. The van der Waals surface area contributed by atoms with Gasteiger partial charge in [-0.3, -0.25) is 4.99 Å². The Morgan fingerprint density at radius 3 is 2.19 bits per heavy atom. The minimum Gasteiger partial charge on any atom is -0.354 e. The Labute approximate surface area is 182 Å². The molecule has 1 aromatic rings. The number of halogens is 1. The molecule has 0 saturated heterocycles. The quantitative estimate of drug-likeness (QED) is 0.257. The van der Waals surface area contributed by atoms with Gasteiger partial charge in [0.05, 0.1) is 5.75 Å². The predicted octanol–water partition coefficient (Wildman–Crippen LogP) is 3.23. The highest BCUT2D eigenvalue weighted by molar-refractivity contribution is 14.0. The molecular weight excluding hydrogens is 475 g/mol. The lowest BCUT2D eigenvalue weighted by Crippen LogP contribution is -2.41. The largest absolute Gasteiger partial charge is 0.354 e. The second-order valence-electron chi connectivity index (χ2n) is 7.08. The summed E-state index contributed by atoms with van der Waals surface area (Å²) in [4.78, 5) is 4.27. The monoisotopic (exact) mass is 510 g/mol. The summed E-state index contributed by atoms with van der Waals surface area (Å²) in [5.74, 6) is 1.52. The summed E-state index contributed by atoms with van der Waals surface area (Å²) in [5.41, 5.74) is 1.84.